The van der Waals surface area contributed by atoms with Crippen LogP contribution in [0.3, 0.4) is 0 Å². The van der Waals surface area contributed by atoms with Crippen molar-refractivity contribution in [2.45, 2.75) is 39.0 Å². The van der Waals surface area contributed by atoms with Crippen LogP contribution in [0.25, 0.3) is 0 Å². The Balaban J connectivity index is 2.76. The number of hydrogen-bond donors (Lipinski definition) is 1. The number of carbonyl (C=O) groups is 1. The van der Waals surface area contributed by atoms with Gasteiger partial charge in [0.15, 0.2) is 0 Å². The van der Waals surface area contributed by atoms with E-state index in [0.29, 0.717) is 17.1 Å². The largest absolute Gasteiger partial charge is 0.389 e. The molecular weight excluding hydrogens is 307 g/mol. The average Bonchev–Trinajstić information content (AvgIpc) is 2.39. The lowest BCUT2D eigenvalue weighted by molar-refractivity contribution is -0.136. The van der Waals surface area contributed by atoms with Crippen LogP contribution in [0, 0.1) is 5.82 Å². The number of carbonyl (C=O) groups excluding carboxylic acids is 1. The van der Waals surface area contributed by atoms with Crippen molar-refractivity contribution in [1.82, 2.24) is 9.80 Å². The van der Waals surface area contributed by atoms with Gasteiger partial charge in [-0.2, -0.15) is 0 Å². The third-order valence-electron chi connectivity index (χ3n) is 3.49. The van der Waals surface area contributed by atoms with E-state index in [9.17, 15) is 14.3 Å². The molecule has 0 bridgehead atoms. The van der Waals surface area contributed by atoms with Crippen LogP contribution in [-0.4, -0.2) is 53.1 Å². The number of rotatable bonds is 6. The van der Waals surface area contributed by atoms with E-state index in [0.717, 1.165) is 0 Å². The van der Waals surface area contributed by atoms with Crippen LogP contribution in [0.15, 0.2) is 18.2 Å². The highest BCUT2D eigenvalue weighted by molar-refractivity contribution is 6.31. The minimum Gasteiger partial charge on any atom is -0.389 e. The Morgan fingerprint density at radius 3 is 2.50 bits per heavy atom. The van der Waals surface area contributed by atoms with Gasteiger partial charge >= 0.3 is 0 Å². The molecule has 1 aromatic carbocycles. The van der Waals surface area contributed by atoms with E-state index in [4.69, 9.17) is 11.6 Å². The van der Waals surface area contributed by atoms with Crippen LogP contribution >= 0.6 is 11.6 Å². The van der Waals surface area contributed by atoms with Crippen molar-refractivity contribution in [2.24, 2.45) is 0 Å². The summed E-state index contributed by atoms with van der Waals surface area (Å²) in [5, 5.41) is 10.1. The lowest BCUT2D eigenvalue weighted by Crippen LogP contribution is -2.48. The molecule has 0 aliphatic rings. The van der Waals surface area contributed by atoms with Gasteiger partial charge in [-0.25, -0.2) is 4.39 Å². The van der Waals surface area contributed by atoms with Gasteiger partial charge in [-0.1, -0.05) is 17.7 Å². The van der Waals surface area contributed by atoms with Gasteiger partial charge in [0.25, 0.3) is 0 Å². The van der Waals surface area contributed by atoms with Gasteiger partial charge in [-0.15, -0.1) is 0 Å². The monoisotopic (exact) mass is 330 g/mol. The molecule has 0 radical (unpaired) electrons. The fraction of sp³-hybridized carbons (Fsp3) is 0.562. The molecule has 124 valence electrons. The van der Waals surface area contributed by atoms with Crippen molar-refractivity contribution in [1.29, 1.82) is 0 Å². The number of aliphatic hydroxyl groups is 1. The lowest BCUT2D eigenvalue weighted by Gasteiger charge is -2.32. The van der Waals surface area contributed by atoms with E-state index in [1.165, 1.54) is 17.0 Å². The van der Waals surface area contributed by atoms with Gasteiger partial charge in [0.05, 0.1) is 11.6 Å². The SMILES string of the molecule is CC(C(=O)N(C)Cc1c(F)cccc1Cl)N(C)CC(C)(C)O. The number of nitrogens with zero attached hydrogens (tertiary/aromatic N) is 2. The van der Waals surface area contributed by atoms with E-state index < -0.39 is 17.5 Å². The Hall–Kier alpha value is -1.17. The second-order valence-electron chi connectivity index (χ2n) is 6.30. The molecule has 1 rings (SSSR count). The van der Waals surface area contributed by atoms with Gasteiger partial charge in [-0.05, 0) is 40.0 Å². The molecular formula is C16H24ClFN2O2. The highest BCUT2D eigenvalue weighted by Crippen LogP contribution is 2.21. The molecule has 0 fully saturated rings. The van der Waals surface area contributed by atoms with Gasteiger partial charge in [0.2, 0.25) is 5.91 Å². The summed E-state index contributed by atoms with van der Waals surface area (Å²) in [6, 6.07) is 4.02. The first-order valence-electron chi connectivity index (χ1n) is 7.13. The molecule has 6 heteroatoms. The number of halogens is 2. The molecule has 0 spiro atoms. The fourth-order valence-electron chi connectivity index (χ4n) is 2.25. The summed E-state index contributed by atoms with van der Waals surface area (Å²) in [4.78, 5) is 15.6. The topological polar surface area (TPSA) is 43.8 Å². The van der Waals surface area contributed by atoms with Crippen molar-refractivity contribution in [3.05, 3.63) is 34.6 Å². The summed E-state index contributed by atoms with van der Waals surface area (Å²) in [6.07, 6.45) is 0. The van der Waals surface area contributed by atoms with Crippen LogP contribution < -0.4 is 0 Å². The molecule has 1 unspecified atom stereocenters. The summed E-state index contributed by atoms with van der Waals surface area (Å²) in [5.41, 5.74) is -0.589. The Morgan fingerprint density at radius 1 is 1.41 bits per heavy atom. The molecule has 1 aromatic rings. The zero-order chi connectivity index (χ0) is 17.1. The van der Waals surface area contributed by atoms with Crippen LogP contribution in [-0.2, 0) is 11.3 Å². The Labute approximate surface area is 136 Å². The number of likely N-dealkylation sites (N-methyl/N-ethyl adjacent to an activating group) is 2. The molecule has 0 aliphatic carbocycles. The minimum atomic E-state index is -0.892. The van der Waals surface area contributed by atoms with Gasteiger partial charge in [-0.3, -0.25) is 9.69 Å². The summed E-state index contributed by atoms with van der Waals surface area (Å²) >= 11 is 5.99. The van der Waals surface area contributed by atoms with Crippen LogP contribution in [0.1, 0.15) is 26.3 Å². The van der Waals surface area contributed by atoms with Crippen LogP contribution in [0.4, 0.5) is 4.39 Å². The van der Waals surface area contributed by atoms with Crippen molar-refractivity contribution in [3.63, 3.8) is 0 Å². The first kappa shape index (κ1) is 18.9. The minimum absolute atomic E-state index is 0.102. The number of hydrogen-bond acceptors (Lipinski definition) is 3. The van der Waals surface area contributed by atoms with E-state index in [2.05, 4.69) is 0 Å². The standard InChI is InChI=1S/C16H24ClFN2O2/c1-11(20(5)10-16(2,3)22)15(21)19(4)9-12-13(17)7-6-8-14(12)18/h6-8,11,22H,9-10H2,1-5H3. The molecule has 0 saturated heterocycles. The van der Waals surface area contributed by atoms with Crippen molar-refractivity contribution in [3.8, 4) is 0 Å². The maximum atomic E-state index is 13.8. The smallest absolute Gasteiger partial charge is 0.239 e. The van der Waals surface area contributed by atoms with Gasteiger partial charge < -0.3 is 10.0 Å². The van der Waals surface area contributed by atoms with E-state index in [-0.39, 0.29) is 12.5 Å². The average molecular weight is 331 g/mol. The first-order valence-corrected chi connectivity index (χ1v) is 7.51. The van der Waals surface area contributed by atoms with Crippen molar-refractivity contribution >= 4 is 17.5 Å². The second-order valence-corrected chi connectivity index (χ2v) is 6.71. The highest BCUT2D eigenvalue weighted by Gasteiger charge is 2.26. The summed E-state index contributed by atoms with van der Waals surface area (Å²) in [7, 11) is 3.38. The molecule has 1 amide bonds. The molecule has 0 aliphatic heterocycles. The predicted molar refractivity (Wildman–Crippen MR) is 86.3 cm³/mol. The fourth-order valence-corrected chi connectivity index (χ4v) is 2.48. The Bertz CT molecular complexity index is 511. The summed E-state index contributed by atoms with van der Waals surface area (Å²) in [6.45, 7) is 5.58. The zero-order valence-electron chi connectivity index (χ0n) is 13.7. The number of amides is 1. The van der Waals surface area contributed by atoms with Crippen molar-refractivity contribution in [2.75, 3.05) is 20.6 Å². The predicted octanol–water partition coefficient (Wildman–Crippen LogP) is 2.53. The lowest BCUT2D eigenvalue weighted by atomic mass is 10.1. The van der Waals surface area contributed by atoms with Gasteiger partial charge in [0, 0.05) is 30.7 Å². The molecule has 1 N–H and O–H groups in total. The Morgan fingerprint density at radius 2 is 2.00 bits per heavy atom. The van der Waals surface area contributed by atoms with E-state index in [1.807, 2.05) is 0 Å². The van der Waals surface area contributed by atoms with Crippen molar-refractivity contribution < 1.29 is 14.3 Å². The highest BCUT2D eigenvalue weighted by atomic mass is 35.5. The van der Waals surface area contributed by atoms with Crippen LogP contribution in [0.5, 0.6) is 0 Å². The summed E-state index contributed by atoms with van der Waals surface area (Å²) < 4.78 is 13.8. The van der Waals surface area contributed by atoms with Gasteiger partial charge in [0.1, 0.15) is 5.82 Å². The Kier molecular flexibility index (Phi) is 6.35. The van der Waals surface area contributed by atoms with E-state index in [1.54, 1.807) is 45.8 Å². The second kappa shape index (κ2) is 7.40. The molecule has 0 saturated carbocycles. The molecule has 0 heterocycles. The zero-order valence-corrected chi connectivity index (χ0v) is 14.5. The maximum Gasteiger partial charge on any atom is 0.239 e. The molecule has 0 aromatic heterocycles. The third kappa shape index (κ3) is 5.23. The quantitative estimate of drug-likeness (QED) is 0.871. The van der Waals surface area contributed by atoms with E-state index >= 15 is 0 Å². The third-order valence-corrected chi connectivity index (χ3v) is 3.84. The first-order chi connectivity index (χ1) is 10.0. The normalized spacial score (nSPS) is 13.3. The summed E-state index contributed by atoms with van der Waals surface area (Å²) in [5.74, 6) is -0.587. The molecule has 4 nitrogen and oxygen atoms in total. The maximum absolute atomic E-state index is 13.8. The van der Waals surface area contributed by atoms with Crippen LogP contribution in [0.2, 0.25) is 5.02 Å². The molecule has 1 atom stereocenters. The molecule has 22 heavy (non-hydrogen) atoms. The number of benzene rings is 1.